The second-order valence-electron chi connectivity index (χ2n) is 6.71. The summed E-state index contributed by atoms with van der Waals surface area (Å²) in [4.78, 5) is 25.5. The lowest BCUT2D eigenvalue weighted by Gasteiger charge is -2.31. The van der Waals surface area contributed by atoms with Crippen LogP contribution in [0, 0.1) is 0 Å². The number of nitrogens with zero attached hydrogens (tertiary/aromatic N) is 2. The first kappa shape index (κ1) is 16.5. The van der Waals surface area contributed by atoms with Crippen LogP contribution in [-0.4, -0.2) is 41.7 Å². The minimum absolute atomic E-state index is 0.203. The molecule has 24 heavy (non-hydrogen) atoms. The number of anilines is 1. The second-order valence-corrected chi connectivity index (χ2v) is 6.71. The molecule has 2 aromatic rings. The van der Waals surface area contributed by atoms with E-state index in [1.807, 2.05) is 20.8 Å². The van der Waals surface area contributed by atoms with Gasteiger partial charge in [-0.1, -0.05) is 0 Å². The number of fused-ring (bicyclic) bond motifs is 1. The number of hydrogen-bond acceptors (Lipinski definition) is 6. The van der Waals surface area contributed by atoms with Crippen LogP contribution in [0.1, 0.15) is 20.8 Å². The molecular weight excluding hydrogens is 314 g/mol. The fourth-order valence-electron chi connectivity index (χ4n) is 2.97. The molecule has 8 heteroatoms. The summed E-state index contributed by atoms with van der Waals surface area (Å²) < 4.78 is 12.1. The highest BCUT2D eigenvalue weighted by molar-refractivity contribution is 5.88. The molecule has 3 rings (SSSR count). The van der Waals surface area contributed by atoms with Crippen LogP contribution in [0.4, 0.5) is 5.69 Å². The molecule has 0 saturated carbocycles. The molecule has 1 atom stereocenters. The van der Waals surface area contributed by atoms with Crippen molar-refractivity contribution in [3.8, 4) is 0 Å². The van der Waals surface area contributed by atoms with Crippen LogP contribution in [-0.2, 0) is 15.1 Å². The Hall–Kier alpha value is -2.32. The van der Waals surface area contributed by atoms with Crippen LogP contribution < -0.4 is 16.0 Å². The van der Waals surface area contributed by atoms with Crippen molar-refractivity contribution < 1.29 is 19.1 Å². The predicted molar refractivity (Wildman–Crippen MR) is 87.8 cm³/mol. The molecule has 1 aromatic heterocycles. The highest BCUT2D eigenvalue weighted by Crippen LogP contribution is 2.31. The normalized spacial score (nSPS) is 21.5. The Morgan fingerprint density at radius 1 is 1.38 bits per heavy atom. The average molecular weight is 335 g/mol. The van der Waals surface area contributed by atoms with E-state index in [2.05, 4.69) is 5.32 Å². The van der Waals surface area contributed by atoms with Gasteiger partial charge in [0.05, 0.1) is 12.1 Å². The van der Waals surface area contributed by atoms with Crippen LogP contribution >= 0.6 is 0 Å². The quantitative estimate of drug-likeness (QED) is 0.833. The lowest BCUT2D eigenvalue weighted by atomic mass is 10.1. The van der Waals surface area contributed by atoms with E-state index in [1.54, 1.807) is 22.8 Å². The summed E-state index contributed by atoms with van der Waals surface area (Å²) in [6.07, 6.45) is 0. The Bertz CT molecular complexity index is 847. The summed E-state index contributed by atoms with van der Waals surface area (Å²) in [5.74, 6) is -3.18. The zero-order valence-corrected chi connectivity index (χ0v) is 14.1. The Morgan fingerprint density at radius 3 is 2.71 bits per heavy atom. The topological polar surface area (TPSA) is 96.9 Å². The number of hydrogen-bond donors (Lipinski definition) is 2. The smallest absolute Gasteiger partial charge is 0.408 e. The molecule has 1 aliphatic heterocycles. The van der Waals surface area contributed by atoms with Gasteiger partial charge in [-0.3, -0.25) is 9.36 Å². The Kier molecular flexibility index (Phi) is 3.69. The third kappa shape index (κ3) is 2.38. The molecule has 1 aliphatic rings. The number of carbonyl (C=O) groups excluding carboxylic acids is 1. The summed E-state index contributed by atoms with van der Waals surface area (Å²) in [7, 11) is 1.42. The number of aliphatic hydroxyl groups is 1. The Labute approximate surface area is 138 Å². The van der Waals surface area contributed by atoms with E-state index in [9.17, 15) is 14.7 Å². The van der Waals surface area contributed by atoms with Crippen molar-refractivity contribution in [1.29, 1.82) is 0 Å². The number of likely N-dealkylation sites (N-methyl/N-ethyl adjacent to an activating group) is 1. The number of ether oxygens (including phenoxy) is 1. The highest BCUT2D eigenvalue weighted by Gasteiger charge is 2.48. The van der Waals surface area contributed by atoms with E-state index in [1.165, 1.54) is 11.9 Å². The fraction of sp³-hybridized carbons (Fsp3) is 0.500. The van der Waals surface area contributed by atoms with E-state index >= 15 is 0 Å². The molecule has 2 heterocycles. The number of carbonyl (C=O) groups is 1. The number of nitrogens with one attached hydrogen (secondary N) is 1. The van der Waals surface area contributed by atoms with Gasteiger partial charge in [-0.25, -0.2) is 4.79 Å². The molecular formula is C16H21N3O5. The number of oxazole rings is 1. The van der Waals surface area contributed by atoms with Gasteiger partial charge in [-0.15, -0.1) is 0 Å². The molecule has 0 bridgehead atoms. The molecule has 2 N–H and O–H groups in total. The zero-order chi connectivity index (χ0) is 17.7. The van der Waals surface area contributed by atoms with Gasteiger partial charge in [0, 0.05) is 30.9 Å². The van der Waals surface area contributed by atoms with Crippen molar-refractivity contribution in [2.45, 2.75) is 32.2 Å². The van der Waals surface area contributed by atoms with E-state index < -0.39 is 23.1 Å². The van der Waals surface area contributed by atoms with Gasteiger partial charge in [0.15, 0.2) is 5.58 Å². The van der Waals surface area contributed by atoms with Crippen LogP contribution in [0.2, 0.25) is 0 Å². The maximum Gasteiger partial charge on any atom is 0.420 e. The van der Waals surface area contributed by atoms with Gasteiger partial charge < -0.3 is 24.5 Å². The number of aromatic nitrogens is 1. The van der Waals surface area contributed by atoms with Crippen LogP contribution in [0.15, 0.2) is 27.4 Å². The lowest BCUT2D eigenvalue weighted by Crippen LogP contribution is -2.56. The first-order valence-electron chi connectivity index (χ1n) is 7.71. The number of rotatable bonds is 2. The molecule has 130 valence electrons. The molecule has 8 nitrogen and oxygen atoms in total. The van der Waals surface area contributed by atoms with E-state index in [0.717, 1.165) is 0 Å². The third-order valence-electron chi connectivity index (χ3n) is 4.05. The Morgan fingerprint density at radius 2 is 2.08 bits per heavy atom. The standard InChI is InChI=1S/C16H21N3O5/c1-15(2,3)19-11-6-5-10(9-12(11)24-14(19)21)18-7-8-23-16(18,22)13(20)17-4/h5-6,9,22H,7-8H2,1-4H3,(H,17,20)/t16-/m0/s1. The van der Waals surface area contributed by atoms with Crippen molar-refractivity contribution in [2.75, 3.05) is 25.1 Å². The largest absolute Gasteiger partial charge is 0.420 e. The van der Waals surface area contributed by atoms with E-state index in [4.69, 9.17) is 9.15 Å². The second kappa shape index (κ2) is 5.35. The minimum atomic E-state index is -2.07. The highest BCUT2D eigenvalue weighted by atomic mass is 16.7. The molecule has 0 aliphatic carbocycles. The first-order chi connectivity index (χ1) is 11.2. The molecule has 1 fully saturated rings. The summed E-state index contributed by atoms with van der Waals surface area (Å²) in [5.41, 5.74) is 1.14. The molecule has 1 amide bonds. The van der Waals surface area contributed by atoms with Crippen molar-refractivity contribution in [2.24, 2.45) is 0 Å². The average Bonchev–Trinajstić information content (AvgIpc) is 3.05. The van der Waals surface area contributed by atoms with E-state index in [-0.39, 0.29) is 6.61 Å². The monoisotopic (exact) mass is 335 g/mol. The van der Waals surface area contributed by atoms with Gasteiger partial charge >= 0.3 is 17.6 Å². The predicted octanol–water partition coefficient (Wildman–Crippen LogP) is 0.578. The molecule has 0 spiro atoms. The lowest BCUT2D eigenvalue weighted by molar-refractivity contribution is -0.187. The maximum absolute atomic E-state index is 12.1. The molecule has 0 radical (unpaired) electrons. The van der Waals surface area contributed by atoms with E-state index in [0.29, 0.717) is 23.3 Å². The molecule has 1 saturated heterocycles. The fourth-order valence-corrected chi connectivity index (χ4v) is 2.97. The van der Waals surface area contributed by atoms with Crippen LogP contribution in [0.3, 0.4) is 0 Å². The van der Waals surface area contributed by atoms with Gasteiger partial charge in [-0.05, 0) is 32.9 Å². The van der Waals surface area contributed by atoms with Gasteiger partial charge in [0.2, 0.25) is 0 Å². The van der Waals surface area contributed by atoms with Crippen LogP contribution in [0.5, 0.6) is 0 Å². The van der Waals surface area contributed by atoms with Crippen LogP contribution in [0.25, 0.3) is 11.1 Å². The first-order valence-corrected chi connectivity index (χ1v) is 7.71. The van der Waals surface area contributed by atoms with Crippen molar-refractivity contribution in [3.63, 3.8) is 0 Å². The maximum atomic E-state index is 12.1. The number of benzene rings is 1. The SMILES string of the molecule is CNC(=O)[C@]1(O)OCCN1c1ccc2c(c1)oc(=O)n2C(C)(C)C. The summed E-state index contributed by atoms with van der Waals surface area (Å²) in [6, 6.07) is 5.09. The number of amides is 1. The van der Waals surface area contributed by atoms with Crippen molar-refractivity contribution >= 4 is 22.7 Å². The molecule has 1 aromatic carbocycles. The minimum Gasteiger partial charge on any atom is -0.408 e. The van der Waals surface area contributed by atoms with Crippen molar-refractivity contribution in [1.82, 2.24) is 9.88 Å². The van der Waals surface area contributed by atoms with Crippen molar-refractivity contribution in [3.05, 3.63) is 28.7 Å². The zero-order valence-electron chi connectivity index (χ0n) is 14.1. The summed E-state index contributed by atoms with van der Waals surface area (Å²) >= 11 is 0. The third-order valence-corrected chi connectivity index (χ3v) is 4.05. The summed E-state index contributed by atoms with van der Waals surface area (Å²) in [5, 5.41) is 12.9. The Balaban J connectivity index is 2.10. The van der Waals surface area contributed by atoms with Gasteiger partial charge in [-0.2, -0.15) is 0 Å². The van der Waals surface area contributed by atoms with Gasteiger partial charge in [0.1, 0.15) is 0 Å². The molecule has 0 unspecified atom stereocenters. The summed E-state index contributed by atoms with van der Waals surface area (Å²) in [6.45, 7) is 6.27. The van der Waals surface area contributed by atoms with Gasteiger partial charge in [0.25, 0.3) is 0 Å².